The van der Waals surface area contributed by atoms with E-state index in [0.29, 0.717) is 11.1 Å². The first-order valence-electron chi connectivity index (χ1n) is 8.55. The Balaban J connectivity index is 1.90. The second kappa shape index (κ2) is 7.86. The van der Waals surface area contributed by atoms with Gasteiger partial charge in [0.05, 0.1) is 12.0 Å². The fraction of sp³-hybridized carbons (Fsp3) is 0.529. The smallest absolute Gasteiger partial charge is 0.313 e. The summed E-state index contributed by atoms with van der Waals surface area (Å²) in [7, 11) is 0. The summed E-state index contributed by atoms with van der Waals surface area (Å²) >= 11 is 1.15. The minimum atomic E-state index is -0.875. The van der Waals surface area contributed by atoms with Gasteiger partial charge in [-0.3, -0.25) is 4.79 Å². The average Bonchev–Trinajstić information content (AvgIpc) is 3.14. The Morgan fingerprint density at radius 2 is 2.16 bits per heavy atom. The highest BCUT2D eigenvalue weighted by atomic mass is 32.2. The highest BCUT2D eigenvalue weighted by molar-refractivity contribution is 7.99. The first-order valence-corrected chi connectivity index (χ1v) is 9.53. The van der Waals surface area contributed by atoms with E-state index < -0.39 is 5.97 Å². The van der Waals surface area contributed by atoms with Crippen molar-refractivity contribution in [2.45, 2.75) is 57.0 Å². The van der Waals surface area contributed by atoms with Gasteiger partial charge in [0.2, 0.25) is 5.16 Å². The molecule has 0 saturated heterocycles. The molecule has 1 aliphatic rings. The van der Waals surface area contributed by atoms with Crippen molar-refractivity contribution in [2.24, 2.45) is 5.10 Å². The van der Waals surface area contributed by atoms with Crippen molar-refractivity contribution >= 4 is 23.9 Å². The molecule has 0 unspecified atom stereocenters. The highest BCUT2D eigenvalue weighted by Crippen LogP contribution is 2.33. The van der Waals surface area contributed by atoms with Crippen LogP contribution < -0.4 is 0 Å². The Morgan fingerprint density at radius 1 is 1.40 bits per heavy atom. The summed E-state index contributed by atoms with van der Waals surface area (Å²) in [5.41, 5.74) is 3.14. The molecule has 25 heavy (non-hydrogen) atoms. The monoisotopic (exact) mass is 361 g/mol. The Bertz CT molecular complexity index is 774. The number of hydrogen-bond acceptors (Lipinski definition) is 5. The molecule has 0 aliphatic heterocycles. The van der Waals surface area contributed by atoms with Crippen LogP contribution in [0.4, 0.5) is 0 Å². The van der Waals surface area contributed by atoms with E-state index in [1.165, 1.54) is 19.3 Å². The largest absolute Gasteiger partial charge is 0.481 e. The fourth-order valence-corrected chi connectivity index (χ4v) is 3.83. The normalized spacial score (nSPS) is 15.9. The van der Waals surface area contributed by atoms with Gasteiger partial charge in [0.1, 0.15) is 0 Å². The van der Waals surface area contributed by atoms with Gasteiger partial charge in [0.15, 0.2) is 5.82 Å². The zero-order valence-corrected chi connectivity index (χ0v) is 15.3. The van der Waals surface area contributed by atoms with Gasteiger partial charge < -0.3 is 10.1 Å². The maximum absolute atomic E-state index is 10.9. The Morgan fingerprint density at radius 3 is 2.80 bits per heavy atom. The first-order chi connectivity index (χ1) is 12.0. The standard InChI is InChI=1S/C17H23N5O2S/c1-11-8-14(12(2)19-11)9-18-22-16(13-6-4-3-5-7-13)20-21-17(22)25-10-15(23)24/h8-9,13,19H,3-7,10H2,1-2H3,(H,23,24)/b18-9+. The van der Waals surface area contributed by atoms with Crippen LogP contribution >= 0.6 is 11.8 Å². The lowest BCUT2D eigenvalue weighted by atomic mass is 9.89. The maximum atomic E-state index is 10.9. The van der Waals surface area contributed by atoms with Gasteiger partial charge in [-0.2, -0.15) is 9.78 Å². The van der Waals surface area contributed by atoms with E-state index in [0.717, 1.165) is 47.4 Å². The number of nitrogens with one attached hydrogen (secondary N) is 1. The molecular weight excluding hydrogens is 338 g/mol. The number of aromatic nitrogens is 4. The van der Waals surface area contributed by atoms with Crippen molar-refractivity contribution in [3.05, 3.63) is 28.8 Å². The summed E-state index contributed by atoms with van der Waals surface area (Å²) in [4.78, 5) is 14.2. The quantitative estimate of drug-likeness (QED) is 0.608. The lowest BCUT2D eigenvalue weighted by Gasteiger charge is -2.20. The molecule has 1 aliphatic carbocycles. The molecule has 0 spiro atoms. The van der Waals surface area contributed by atoms with Crippen molar-refractivity contribution in [3.8, 4) is 0 Å². The summed E-state index contributed by atoms with van der Waals surface area (Å²) in [6, 6.07) is 2.04. The Kier molecular flexibility index (Phi) is 5.57. The van der Waals surface area contributed by atoms with Gasteiger partial charge in [-0.05, 0) is 32.8 Å². The van der Waals surface area contributed by atoms with Crippen LogP contribution in [0.3, 0.4) is 0 Å². The van der Waals surface area contributed by atoms with Crippen LogP contribution in [0.15, 0.2) is 16.3 Å². The van der Waals surface area contributed by atoms with Crippen LogP contribution in [0.1, 0.15) is 60.8 Å². The minimum absolute atomic E-state index is 0.0549. The van der Waals surface area contributed by atoms with E-state index in [4.69, 9.17) is 5.11 Å². The minimum Gasteiger partial charge on any atom is -0.481 e. The maximum Gasteiger partial charge on any atom is 0.313 e. The van der Waals surface area contributed by atoms with E-state index >= 15 is 0 Å². The Labute approximate surface area is 150 Å². The summed E-state index contributed by atoms with van der Waals surface area (Å²) < 4.78 is 1.73. The van der Waals surface area contributed by atoms with E-state index in [1.54, 1.807) is 10.9 Å². The summed E-state index contributed by atoms with van der Waals surface area (Å²) in [5.74, 6) is 0.251. The van der Waals surface area contributed by atoms with Crippen LogP contribution in [0, 0.1) is 13.8 Å². The number of nitrogens with zero attached hydrogens (tertiary/aromatic N) is 4. The van der Waals surface area contributed by atoms with Gasteiger partial charge in [-0.15, -0.1) is 10.2 Å². The van der Waals surface area contributed by atoms with E-state index in [2.05, 4.69) is 20.3 Å². The highest BCUT2D eigenvalue weighted by Gasteiger charge is 2.23. The third kappa shape index (κ3) is 4.31. The molecule has 7 nitrogen and oxygen atoms in total. The number of aryl methyl sites for hydroxylation is 2. The fourth-order valence-electron chi connectivity index (χ4n) is 3.22. The first kappa shape index (κ1) is 17.7. The van der Waals surface area contributed by atoms with Gasteiger partial charge in [-0.25, -0.2) is 0 Å². The van der Waals surface area contributed by atoms with Gasteiger partial charge >= 0.3 is 5.97 Å². The molecule has 0 aromatic carbocycles. The van der Waals surface area contributed by atoms with Crippen LogP contribution in [0.25, 0.3) is 0 Å². The summed E-state index contributed by atoms with van der Waals surface area (Å²) in [6.45, 7) is 4.01. The number of H-pyrrole nitrogens is 1. The summed E-state index contributed by atoms with van der Waals surface area (Å²) in [5, 5.41) is 22.6. The van der Waals surface area contributed by atoms with Crippen molar-refractivity contribution in [3.63, 3.8) is 0 Å². The number of hydrogen-bond donors (Lipinski definition) is 2. The summed E-state index contributed by atoms with van der Waals surface area (Å²) in [6.07, 6.45) is 7.60. The number of carboxylic acids is 1. The lowest BCUT2D eigenvalue weighted by molar-refractivity contribution is -0.133. The predicted octanol–water partition coefficient (Wildman–Crippen LogP) is 3.33. The molecule has 0 amide bonds. The molecule has 8 heteroatoms. The molecule has 0 bridgehead atoms. The van der Waals surface area contributed by atoms with Crippen LogP contribution in [0.2, 0.25) is 0 Å². The number of thioether (sulfide) groups is 1. The van der Waals surface area contributed by atoms with E-state index in [-0.39, 0.29) is 5.75 Å². The topological polar surface area (TPSA) is 96.2 Å². The van der Waals surface area contributed by atoms with E-state index in [9.17, 15) is 4.79 Å². The molecule has 1 fully saturated rings. The van der Waals surface area contributed by atoms with Crippen molar-refractivity contribution in [1.29, 1.82) is 0 Å². The molecular formula is C17H23N5O2S. The molecule has 2 N–H and O–H groups in total. The SMILES string of the molecule is Cc1cc(/C=N/n2c(SCC(=O)O)nnc2C2CCCCC2)c(C)[nH]1. The van der Waals surface area contributed by atoms with Crippen LogP contribution in [-0.2, 0) is 4.79 Å². The zero-order valence-electron chi connectivity index (χ0n) is 14.5. The lowest BCUT2D eigenvalue weighted by Crippen LogP contribution is -2.11. The van der Waals surface area contributed by atoms with Gasteiger partial charge in [-0.1, -0.05) is 31.0 Å². The second-order valence-electron chi connectivity index (χ2n) is 6.45. The second-order valence-corrected chi connectivity index (χ2v) is 7.39. The predicted molar refractivity (Wildman–Crippen MR) is 97.5 cm³/mol. The number of rotatable bonds is 6. The van der Waals surface area contributed by atoms with Crippen LogP contribution in [-0.4, -0.2) is 42.9 Å². The molecule has 2 heterocycles. The van der Waals surface area contributed by atoms with Crippen molar-refractivity contribution in [1.82, 2.24) is 19.9 Å². The number of carboxylic acid groups (broad SMARTS) is 1. The molecule has 1 saturated carbocycles. The number of aromatic amines is 1. The molecule has 134 valence electrons. The molecule has 3 rings (SSSR count). The third-order valence-electron chi connectivity index (χ3n) is 4.43. The third-order valence-corrected chi connectivity index (χ3v) is 5.34. The van der Waals surface area contributed by atoms with Crippen molar-refractivity contribution < 1.29 is 9.90 Å². The average molecular weight is 361 g/mol. The van der Waals surface area contributed by atoms with Crippen LogP contribution in [0.5, 0.6) is 0 Å². The van der Waals surface area contributed by atoms with Gasteiger partial charge in [0, 0.05) is 22.9 Å². The molecule has 0 atom stereocenters. The number of aliphatic carboxylic acids is 1. The molecule has 0 radical (unpaired) electrons. The zero-order chi connectivity index (χ0) is 17.8. The Hall–Kier alpha value is -2.09. The molecule has 2 aromatic heterocycles. The number of carbonyl (C=O) groups is 1. The molecule has 2 aromatic rings. The van der Waals surface area contributed by atoms with E-state index in [1.807, 2.05) is 19.9 Å². The van der Waals surface area contributed by atoms with Crippen molar-refractivity contribution in [2.75, 3.05) is 5.75 Å². The van der Waals surface area contributed by atoms with Gasteiger partial charge in [0.25, 0.3) is 0 Å².